The summed E-state index contributed by atoms with van der Waals surface area (Å²) in [6.45, 7) is 2.22. The van der Waals surface area contributed by atoms with Gasteiger partial charge in [0.15, 0.2) is 0 Å². The lowest BCUT2D eigenvalue weighted by Crippen LogP contribution is -2.10. The van der Waals surface area contributed by atoms with E-state index in [-0.39, 0.29) is 18.4 Å². The molecule has 1 atom stereocenters. The van der Waals surface area contributed by atoms with Crippen LogP contribution in [0.2, 0.25) is 0 Å². The van der Waals surface area contributed by atoms with E-state index in [2.05, 4.69) is 53.8 Å². The van der Waals surface area contributed by atoms with Crippen LogP contribution in [0.25, 0.3) is 0 Å². The van der Waals surface area contributed by atoms with Crippen molar-refractivity contribution in [2.75, 3.05) is 0 Å². The molecule has 0 fully saturated rings. The molecule has 1 aromatic carbocycles. The Balaban J connectivity index is 0.00000196. The van der Waals surface area contributed by atoms with Crippen LogP contribution < -0.4 is 5.73 Å². The predicted molar refractivity (Wildman–Crippen MR) is 77.5 cm³/mol. The number of rotatable bonds is 5. The molecule has 2 N–H and O–H groups in total. The Labute approximate surface area is 112 Å². The SMILES string of the molecule is CCCCC[C@H](N)c1cccc(I)c1.Cl. The van der Waals surface area contributed by atoms with Crippen molar-refractivity contribution in [1.29, 1.82) is 0 Å². The zero-order chi connectivity index (χ0) is 10.4. The molecule has 0 aliphatic carbocycles. The largest absolute Gasteiger partial charge is 0.324 e. The third-order valence-electron chi connectivity index (χ3n) is 2.40. The Kier molecular flexibility index (Phi) is 8.47. The topological polar surface area (TPSA) is 26.0 Å². The Morgan fingerprint density at radius 1 is 1.33 bits per heavy atom. The van der Waals surface area contributed by atoms with Gasteiger partial charge in [-0.2, -0.15) is 0 Å². The number of benzene rings is 1. The highest BCUT2D eigenvalue weighted by Crippen LogP contribution is 2.19. The summed E-state index contributed by atoms with van der Waals surface area (Å²) >= 11 is 2.33. The minimum atomic E-state index is 0. The van der Waals surface area contributed by atoms with Crippen molar-refractivity contribution in [3.63, 3.8) is 0 Å². The molecule has 1 rings (SSSR count). The fourth-order valence-electron chi connectivity index (χ4n) is 1.52. The fourth-order valence-corrected chi connectivity index (χ4v) is 2.09. The summed E-state index contributed by atoms with van der Waals surface area (Å²) in [4.78, 5) is 0. The molecule has 0 saturated carbocycles. The van der Waals surface area contributed by atoms with Gasteiger partial charge in [0, 0.05) is 9.61 Å². The van der Waals surface area contributed by atoms with Gasteiger partial charge >= 0.3 is 0 Å². The van der Waals surface area contributed by atoms with Crippen LogP contribution in [0.1, 0.15) is 44.2 Å². The van der Waals surface area contributed by atoms with Crippen molar-refractivity contribution in [2.24, 2.45) is 5.73 Å². The maximum absolute atomic E-state index is 6.10. The third kappa shape index (κ3) is 5.73. The average Bonchev–Trinajstić information content (AvgIpc) is 2.18. The number of hydrogen-bond donors (Lipinski definition) is 1. The Bertz CT molecular complexity index is 278. The van der Waals surface area contributed by atoms with Gasteiger partial charge < -0.3 is 5.73 Å². The number of unbranched alkanes of at least 4 members (excludes halogenated alkanes) is 2. The van der Waals surface area contributed by atoms with E-state index in [1.807, 2.05) is 0 Å². The molecule has 0 saturated heterocycles. The lowest BCUT2D eigenvalue weighted by atomic mass is 10.0. The van der Waals surface area contributed by atoms with E-state index in [1.54, 1.807) is 0 Å². The number of hydrogen-bond acceptors (Lipinski definition) is 1. The van der Waals surface area contributed by atoms with E-state index in [9.17, 15) is 0 Å². The third-order valence-corrected chi connectivity index (χ3v) is 3.07. The van der Waals surface area contributed by atoms with Gasteiger partial charge in [-0.15, -0.1) is 12.4 Å². The van der Waals surface area contributed by atoms with E-state index in [0.29, 0.717) is 0 Å². The summed E-state index contributed by atoms with van der Waals surface area (Å²) in [5.74, 6) is 0. The van der Waals surface area contributed by atoms with Crippen LogP contribution in [0, 0.1) is 3.57 Å². The highest BCUT2D eigenvalue weighted by molar-refractivity contribution is 14.1. The second-order valence-corrected chi connectivity index (χ2v) is 4.90. The molecule has 0 aliphatic heterocycles. The molecule has 0 unspecified atom stereocenters. The van der Waals surface area contributed by atoms with E-state index in [0.717, 1.165) is 6.42 Å². The summed E-state index contributed by atoms with van der Waals surface area (Å²) < 4.78 is 1.27. The summed E-state index contributed by atoms with van der Waals surface area (Å²) in [6, 6.07) is 8.70. The molecule has 86 valence electrons. The molecule has 0 bridgehead atoms. The maximum atomic E-state index is 6.10. The van der Waals surface area contributed by atoms with Crippen LogP contribution in [0.4, 0.5) is 0 Å². The standard InChI is InChI=1S/C12H18IN.ClH/c1-2-3-4-8-12(14)10-6-5-7-11(13)9-10;/h5-7,9,12H,2-4,8,14H2,1H3;1H/t12-;/m0./s1. The van der Waals surface area contributed by atoms with Crippen LogP contribution >= 0.6 is 35.0 Å². The van der Waals surface area contributed by atoms with Crippen molar-refractivity contribution >= 4 is 35.0 Å². The van der Waals surface area contributed by atoms with Crippen LogP contribution in [-0.2, 0) is 0 Å². The van der Waals surface area contributed by atoms with Crippen molar-refractivity contribution in [3.8, 4) is 0 Å². The lowest BCUT2D eigenvalue weighted by molar-refractivity contribution is 0.581. The van der Waals surface area contributed by atoms with Gasteiger partial charge in [-0.1, -0.05) is 38.3 Å². The van der Waals surface area contributed by atoms with Gasteiger partial charge in [0.05, 0.1) is 0 Å². The Hall–Kier alpha value is 0.200. The lowest BCUT2D eigenvalue weighted by Gasteiger charge is -2.11. The maximum Gasteiger partial charge on any atom is 0.0295 e. The van der Waals surface area contributed by atoms with Crippen molar-refractivity contribution in [1.82, 2.24) is 0 Å². The zero-order valence-corrected chi connectivity index (χ0v) is 12.1. The monoisotopic (exact) mass is 339 g/mol. The van der Waals surface area contributed by atoms with E-state index < -0.39 is 0 Å². The van der Waals surface area contributed by atoms with E-state index in [1.165, 1.54) is 28.4 Å². The first kappa shape index (κ1) is 15.2. The van der Waals surface area contributed by atoms with Crippen molar-refractivity contribution < 1.29 is 0 Å². The van der Waals surface area contributed by atoms with Crippen LogP contribution in [-0.4, -0.2) is 0 Å². The van der Waals surface area contributed by atoms with Gasteiger partial charge in [0.2, 0.25) is 0 Å². The number of nitrogens with two attached hydrogens (primary N) is 1. The molecule has 1 nitrogen and oxygen atoms in total. The minimum Gasteiger partial charge on any atom is -0.324 e. The smallest absolute Gasteiger partial charge is 0.0295 e. The van der Waals surface area contributed by atoms with Crippen LogP contribution in [0.3, 0.4) is 0 Å². The first-order chi connectivity index (χ1) is 6.74. The fraction of sp³-hybridized carbons (Fsp3) is 0.500. The van der Waals surface area contributed by atoms with Gasteiger partial charge in [0.25, 0.3) is 0 Å². The normalized spacial score (nSPS) is 11.9. The highest BCUT2D eigenvalue weighted by Gasteiger charge is 2.04. The number of halogens is 2. The van der Waals surface area contributed by atoms with E-state index >= 15 is 0 Å². The Morgan fingerprint density at radius 3 is 2.67 bits per heavy atom. The van der Waals surface area contributed by atoms with Gasteiger partial charge in [-0.05, 0) is 46.7 Å². The quantitative estimate of drug-likeness (QED) is 0.628. The summed E-state index contributed by atoms with van der Waals surface area (Å²) in [7, 11) is 0. The second-order valence-electron chi connectivity index (χ2n) is 3.66. The summed E-state index contributed by atoms with van der Waals surface area (Å²) in [6.07, 6.45) is 4.90. The predicted octanol–water partition coefficient (Wildman–Crippen LogP) is 4.29. The van der Waals surface area contributed by atoms with Crippen molar-refractivity contribution in [2.45, 2.75) is 38.6 Å². The molecule has 0 spiro atoms. The summed E-state index contributed by atoms with van der Waals surface area (Å²) in [5, 5.41) is 0. The molecular weight excluding hydrogens is 320 g/mol. The van der Waals surface area contributed by atoms with Crippen molar-refractivity contribution in [3.05, 3.63) is 33.4 Å². The van der Waals surface area contributed by atoms with Gasteiger partial charge in [0.1, 0.15) is 0 Å². The van der Waals surface area contributed by atoms with Crippen LogP contribution in [0.15, 0.2) is 24.3 Å². The van der Waals surface area contributed by atoms with Gasteiger partial charge in [-0.3, -0.25) is 0 Å². The average molecular weight is 340 g/mol. The van der Waals surface area contributed by atoms with E-state index in [4.69, 9.17) is 5.73 Å². The molecule has 1 aromatic rings. The van der Waals surface area contributed by atoms with Crippen LogP contribution in [0.5, 0.6) is 0 Å². The molecular formula is C12H19ClIN. The molecule has 0 radical (unpaired) electrons. The first-order valence-corrected chi connectivity index (χ1v) is 6.33. The molecule has 0 heterocycles. The Morgan fingerprint density at radius 2 is 2.07 bits per heavy atom. The minimum absolute atomic E-state index is 0. The highest BCUT2D eigenvalue weighted by atomic mass is 127. The first-order valence-electron chi connectivity index (χ1n) is 5.25. The molecule has 0 aliphatic rings. The molecule has 0 aromatic heterocycles. The molecule has 0 amide bonds. The zero-order valence-electron chi connectivity index (χ0n) is 9.08. The molecule has 15 heavy (non-hydrogen) atoms. The summed E-state index contributed by atoms with van der Waals surface area (Å²) in [5.41, 5.74) is 7.37. The molecule has 3 heteroatoms. The van der Waals surface area contributed by atoms with Gasteiger partial charge in [-0.25, -0.2) is 0 Å². The second kappa shape index (κ2) is 8.36.